The zero-order valence-electron chi connectivity index (χ0n) is 4.95. The first-order chi connectivity index (χ1) is 4.27. The molecule has 2 heteroatoms. The third kappa shape index (κ3) is 7.16. The van der Waals surface area contributed by atoms with Crippen LogP contribution >= 0.6 is 0 Å². The van der Waals surface area contributed by atoms with Crippen molar-refractivity contribution in [3.05, 3.63) is 19.1 Å². The van der Waals surface area contributed by atoms with Crippen molar-refractivity contribution in [2.24, 2.45) is 0 Å². The van der Waals surface area contributed by atoms with Crippen molar-refractivity contribution in [1.29, 1.82) is 0 Å². The van der Waals surface area contributed by atoms with E-state index in [4.69, 9.17) is 0 Å². The average Bonchev–Trinajstić information content (AvgIpc) is 1.80. The van der Waals surface area contributed by atoms with Crippen LogP contribution in [-0.2, 0) is 0 Å². The second-order valence-corrected chi connectivity index (χ2v) is 1.36. The van der Waals surface area contributed by atoms with Crippen LogP contribution in [0, 0.1) is 18.8 Å². The highest BCUT2D eigenvalue weighted by atomic mass is 19.3. The number of hydrogen-bond donors (Lipinski definition) is 0. The summed E-state index contributed by atoms with van der Waals surface area (Å²) in [6.07, 6.45) is 0.0836. The number of allylic oxidation sites excluding steroid dienone is 1. The van der Waals surface area contributed by atoms with Gasteiger partial charge in [0.2, 0.25) is 0 Å². The van der Waals surface area contributed by atoms with Gasteiger partial charge in [0, 0.05) is 6.42 Å². The highest BCUT2D eigenvalue weighted by Gasteiger charge is 1.78. The van der Waals surface area contributed by atoms with Gasteiger partial charge in [0.05, 0.1) is 6.08 Å². The lowest BCUT2D eigenvalue weighted by molar-refractivity contribution is 0.422. The van der Waals surface area contributed by atoms with Gasteiger partial charge in [-0.2, -0.15) is 8.78 Å². The van der Waals surface area contributed by atoms with E-state index in [0.717, 1.165) is 0 Å². The van der Waals surface area contributed by atoms with E-state index in [9.17, 15) is 8.78 Å². The first kappa shape index (κ1) is 8.16. The van der Waals surface area contributed by atoms with Gasteiger partial charge in [-0.05, 0) is 6.42 Å². The topological polar surface area (TPSA) is 0 Å². The Balaban J connectivity index is 3.49. The van der Waals surface area contributed by atoms with Gasteiger partial charge in [0.1, 0.15) is 0 Å². The molecule has 0 N–H and O–H groups in total. The van der Waals surface area contributed by atoms with Gasteiger partial charge in [0.25, 0.3) is 6.08 Å². The zero-order valence-corrected chi connectivity index (χ0v) is 4.95. The van der Waals surface area contributed by atoms with Gasteiger partial charge >= 0.3 is 0 Å². The number of halogens is 2. The van der Waals surface area contributed by atoms with Crippen LogP contribution in [0.5, 0.6) is 0 Å². The predicted molar refractivity (Wildman–Crippen MR) is 32.7 cm³/mol. The molecule has 0 aliphatic heterocycles. The Labute approximate surface area is 53.6 Å². The molecule has 1 radical (unpaired) electrons. The van der Waals surface area contributed by atoms with Crippen molar-refractivity contribution in [2.45, 2.75) is 12.8 Å². The molecular formula is C7H7F2. The zero-order chi connectivity index (χ0) is 7.11. The Bertz CT molecular complexity index is 144. The summed E-state index contributed by atoms with van der Waals surface area (Å²) < 4.78 is 22.4. The smallest absolute Gasteiger partial charge is 0.173 e. The standard InChI is InChI=1S/C7H7F2/c1-2-3-4-5-6-7(8)9/h6H,1-3H2. The molecule has 0 amide bonds. The van der Waals surface area contributed by atoms with Crippen LogP contribution in [0.3, 0.4) is 0 Å². The Morgan fingerprint density at radius 3 is 2.67 bits per heavy atom. The van der Waals surface area contributed by atoms with E-state index in [1.807, 2.05) is 0 Å². The van der Waals surface area contributed by atoms with Crippen LogP contribution < -0.4 is 0 Å². The van der Waals surface area contributed by atoms with Crippen molar-refractivity contribution in [3.8, 4) is 11.8 Å². The molecule has 9 heavy (non-hydrogen) atoms. The van der Waals surface area contributed by atoms with Gasteiger partial charge in [-0.1, -0.05) is 18.8 Å². The van der Waals surface area contributed by atoms with E-state index in [2.05, 4.69) is 18.8 Å². The highest BCUT2D eigenvalue weighted by molar-refractivity contribution is 5.15. The fourth-order valence-corrected chi connectivity index (χ4v) is 0.266. The minimum Gasteiger partial charge on any atom is -0.173 e. The Morgan fingerprint density at radius 2 is 2.22 bits per heavy atom. The Hall–Kier alpha value is -0.840. The summed E-state index contributed by atoms with van der Waals surface area (Å²) in [6.45, 7) is 3.49. The molecule has 0 unspecified atom stereocenters. The molecule has 0 nitrogen and oxygen atoms in total. The first-order valence-electron chi connectivity index (χ1n) is 2.56. The van der Waals surface area contributed by atoms with Crippen molar-refractivity contribution < 1.29 is 8.78 Å². The van der Waals surface area contributed by atoms with Crippen LogP contribution in [0.25, 0.3) is 0 Å². The van der Waals surface area contributed by atoms with Gasteiger partial charge in [-0.25, -0.2) is 0 Å². The molecular weight excluding hydrogens is 122 g/mol. The van der Waals surface area contributed by atoms with Crippen molar-refractivity contribution in [1.82, 2.24) is 0 Å². The van der Waals surface area contributed by atoms with Crippen LogP contribution in [-0.4, -0.2) is 0 Å². The summed E-state index contributed by atoms with van der Waals surface area (Å²) >= 11 is 0. The van der Waals surface area contributed by atoms with E-state index in [0.29, 0.717) is 18.9 Å². The molecule has 0 saturated heterocycles. The summed E-state index contributed by atoms with van der Waals surface area (Å²) in [4.78, 5) is 0. The SMILES string of the molecule is [CH2]CCC#CC=C(F)F. The van der Waals surface area contributed by atoms with Crippen LogP contribution in [0.2, 0.25) is 0 Å². The van der Waals surface area contributed by atoms with E-state index in [1.54, 1.807) is 0 Å². The Kier molecular flexibility index (Phi) is 4.81. The second-order valence-electron chi connectivity index (χ2n) is 1.36. The molecule has 0 aromatic heterocycles. The molecule has 0 aliphatic carbocycles. The third-order valence-electron chi connectivity index (χ3n) is 0.585. The molecule has 0 aromatic carbocycles. The second kappa shape index (κ2) is 5.30. The maximum atomic E-state index is 11.2. The molecule has 0 aliphatic rings. The molecule has 0 heterocycles. The molecule has 0 spiro atoms. The first-order valence-corrected chi connectivity index (χ1v) is 2.56. The summed E-state index contributed by atoms with van der Waals surface area (Å²) in [6, 6.07) is 0. The number of unbranched alkanes of at least 4 members (excludes halogenated alkanes) is 1. The van der Waals surface area contributed by atoms with Crippen molar-refractivity contribution in [2.75, 3.05) is 0 Å². The minimum atomic E-state index is -1.74. The molecule has 0 bridgehead atoms. The molecule has 0 saturated carbocycles. The van der Waals surface area contributed by atoms with Crippen LogP contribution in [0.15, 0.2) is 12.2 Å². The molecule has 0 rings (SSSR count). The van der Waals surface area contributed by atoms with Gasteiger partial charge in [-0.3, -0.25) is 0 Å². The summed E-state index contributed by atoms with van der Waals surface area (Å²) in [5.41, 5.74) is 0. The normalized spacial score (nSPS) is 7.44. The molecule has 0 atom stereocenters. The largest absolute Gasteiger partial charge is 0.278 e. The lowest BCUT2D eigenvalue weighted by atomic mass is 10.3. The third-order valence-corrected chi connectivity index (χ3v) is 0.585. The summed E-state index contributed by atoms with van der Waals surface area (Å²) in [5, 5.41) is 0. The quantitative estimate of drug-likeness (QED) is 0.477. The molecule has 0 fully saturated rings. The minimum absolute atomic E-state index is 0.573. The monoisotopic (exact) mass is 129 g/mol. The van der Waals surface area contributed by atoms with E-state index in [1.165, 1.54) is 0 Å². The van der Waals surface area contributed by atoms with Gasteiger partial charge in [-0.15, -0.1) is 0 Å². The maximum Gasteiger partial charge on any atom is 0.278 e. The maximum absolute atomic E-state index is 11.2. The van der Waals surface area contributed by atoms with Gasteiger partial charge < -0.3 is 0 Å². The summed E-state index contributed by atoms with van der Waals surface area (Å²) in [5.74, 6) is 4.68. The molecule has 0 aromatic rings. The fraction of sp³-hybridized carbons (Fsp3) is 0.286. The van der Waals surface area contributed by atoms with Gasteiger partial charge in [0.15, 0.2) is 0 Å². The van der Waals surface area contributed by atoms with Crippen molar-refractivity contribution in [3.63, 3.8) is 0 Å². The highest BCUT2D eigenvalue weighted by Crippen LogP contribution is 1.93. The molecule has 49 valence electrons. The van der Waals surface area contributed by atoms with Crippen LogP contribution in [0.4, 0.5) is 8.78 Å². The van der Waals surface area contributed by atoms with Crippen LogP contribution in [0.1, 0.15) is 12.8 Å². The van der Waals surface area contributed by atoms with E-state index in [-0.39, 0.29) is 0 Å². The fourth-order valence-electron chi connectivity index (χ4n) is 0.266. The lowest BCUT2D eigenvalue weighted by Gasteiger charge is -1.73. The Morgan fingerprint density at radius 1 is 1.56 bits per heavy atom. The average molecular weight is 129 g/mol. The number of rotatable bonds is 1. The summed E-state index contributed by atoms with van der Waals surface area (Å²) in [7, 11) is 0. The van der Waals surface area contributed by atoms with E-state index < -0.39 is 6.08 Å². The predicted octanol–water partition coefficient (Wildman–Crippen LogP) is 2.38. The lowest BCUT2D eigenvalue weighted by Crippen LogP contribution is -1.60. The van der Waals surface area contributed by atoms with Crippen molar-refractivity contribution >= 4 is 0 Å². The van der Waals surface area contributed by atoms with E-state index >= 15 is 0 Å². The number of hydrogen-bond acceptors (Lipinski definition) is 0.